The summed E-state index contributed by atoms with van der Waals surface area (Å²) in [6, 6.07) is 17.3. The Morgan fingerprint density at radius 1 is 1.08 bits per heavy atom. The Bertz CT molecular complexity index is 818. The minimum Gasteiger partial charge on any atom is -0.486 e. The number of rotatable bonds is 6. The predicted molar refractivity (Wildman–Crippen MR) is 94.2 cm³/mol. The Kier molecular flexibility index (Phi) is 5.18. The first kappa shape index (κ1) is 16.1. The van der Waals surface area contributed by atoms with Crippen LogP contribution in [0.5, 0.6) is 5.75 Å². The van der Waals surface area contributed by atoms with Gasteiger partial charge in [-0.15, -0.1) is 10.2 Å². The largest absolute Gasteiger partial charge is 0.486 e. The van der Waals surface area contributed by atoms with Crippen LogP contribution >= 0.6 is 11.3 Å². The zero-order chi connectivity index (χ0) is 16.8. The van der Waals surface area contributed by atoms with Gasteiger partial charge in [0.05, 0.1) is 6.42 Å². The van der Waals surface area contributed by atoms with Crippen LogP contribution in [-0.2, 0) is 17.8 Å². The molecule has 1 amide bonds. The Hall–Kier alpha value is -2.73. The van der Waals surface area contributed by atoms with Crippen molar-refractivity contribution in [3.8, 4) is 5.75 Å². The second-order valence-corrected chi connectivity index (χ2v) is 6.32. The van der Waals surface area contributed by atoms with Gasteiger partial charge in [0.1, 0.15) is 12.4 Å². The molecule has 0 bridgehead atoms. The van der Waals surface area contributed by atoms with Crippen LogP contribution in [0.2, 0.25) is 0 Å². The minimum absolute atomic E-state index is 0.101. The smallest absolute Gasteiger partial charge is 0.230 e. The molecular formula is C18H17N3O2S. The third-order valence-electron chi connectivity index (χ3n) is 3.43. The van der Waals surface area contributed by atoms with Crippen LogP contribution in [0.1, 0.15) is 16.1 Å². The van der Waals surface area contributed by atoms with Crippen molar-refractivity contribution in [2.24, 2.45) is 0 Å². The third kappa shape index (κ3) is 4.39. The number of para-hydroxylation sites is 1. The number of ether oxygens (including phenoxy) is 1. The molecule has 24 heavy (non-hydrogen) atoms. The summed E-state index contributed by atoms with van der Waals surface area (Å²) in [4.78, 5) is 12.1. The van der Waals surface area contributed by atoms with Gasteiger partial charge in [-0.05, 0) is 30.2 Å². The first-order chi connectivity index (χ1) is 11.7. The molecule has 3 rings (SSSR count). The van der Waals surface area contributed by atoms with Crippen molar-refractivity contribution in [1.82, 2.24) is 10.2 Å². The van der Waals surface area contributed by atoms with Crippen molar-refractivity contribution < 1.29 is 9.53 Å². The molecule has 122 valence electrons. The number of aromatic nitrogens is 2. The highest BCUT2D eigenvalue weighted by Gasteiger charge is 2.10. The molecule has 0 fully saturated rings. The molecule has 0 saturated carbocycles. The molecule has 5 nitrogen and oxygen atoms in total. The second kappa shape index (κ2) is 7.70. The standard InChI is InChI=1S/C18H17N3O2S/c1-13-7-5-6-8-14(13)11-16(22)19-18-21-20-17(24-18)12-23-15-9-3-2-4-10-15/h2-10H,11-12H2,1H3,(H,19,21,22). The Morgan fingerprint density at radius 3 is 2.62 bits per heavy atom. The molecule has 0 unspecified atom stereocenters. The highest BCUT2D eigenvalue weighted by atomic mass is 32.1. The average Bonchev–Trinajstić information content (AvgIpc) is 3.03. The normalized spacial score (nSPS) is 10.4. The molecule has 1 heterocycles. The first-order valence-corrected chi connectivity index (χ1v) is 8.37. The molecule has 0 radical (unpaired) electrons. The van der Waals surface area contributed by atoms with E-state index in [0.717, 1.165) is 16.9 Å². The third-order valence-corrected chi connectivity index (χ3v) is 4.24. The maximum atomic E-state index is 12.1. The average molecular weight is 339 g/mol. The van der Waals surface area contributed by atoms with Gasteiger partial charge in [-0.2, -0.15) is 0 Å². The zero-order valence-electron chi connectivity index (χ0n) is 13.2. The van der Waals surface area contributed by atoms with E-state index in [4.69, 9.17) is 4.74 Å². The number of carbonyl (C=O) groups is 1. The lowest BCUT2D eigenvalue weighted by atomic mass is 10.1. The van der Waals surface area contributed by atoms with E-state index in [9.17, 15) is 4.79 Å². The number of nitrogens with one attached hydrogen (secondary N) is 1. The van der Waals surface area contributed by atoms with E-state index in [1.54, 1.807) is 0 Å². The molecule has 0 spiro atoms. The first-order valence-electron chi connectivity index (χ1n) is 7.55. The molecular weight excluding hydrogens is 322 g/mol. The lowest BCUT2D eigenvalue weighted by molar-refractivity contribution is -0.115. The molecule has 6 heteroatoms. The zero-order valence-corrected chi connectivity index (χ0v) is 14.0. The summed E-state index contributed by atoms with van der Waals surface area (Å²) in [5.41, 5.74) is 2.11. The van der Waals surface area contributed by atoms with Gasteiger partial charge in [-0.1, -0.05) is 53.8 Å². The van der Waals surface area contributed by atoms with Gasteiger partial charge in [0.2, 0.25) is 11.0 Å². The summed E-state index contributed by atoms with van der Waals surface area (Å²) in [5, 5.41) is 12.0. The quantitative estimate of drug-likeness (QED) is 0.745. The van der Waals surface area contributed by atoms with E-state index in [-0.39, 0.29) is 5.91 Å². The van der Waals surface area contributed by atoms with Crippen LogP contribution in [0.4, 0.5) is 5.13 Å². The van der Waals surface area contributed by atoms with E-state index >= 15 is 0 Å². The highest BCUT2D eigenvalue weighted by Crippen LogP contribution is 2.18. The van der Waals surface area contributed by atoms with E-state index in [1.165, 1.54) is 11.3 Å². The van der Waals surface area contributed by atoms with Crippen molar-refractivity contribution >= 4 is 22.4 Å². The van der Waals surface area contributed by atoms with E-state index in [0.29, 0.717) is 23.2 Å². The topological polar surface area (TPSA) is 64.1 Å². The molecule has 2 aromatic carbocycles. The molecule has 3 aromatic rings. The number of carbonyl (C=O) groups excluding carboxylic acids is 1. The van der Waals surface area contributed by atoms with E-state index in [1.807, 2.05) is 61.5 Å². The summed E-state index contributed by atoms with van der Waals surface area (Å²) in [7, 11) is 0. The van der Waals surface area contributed by atoms with Gasteiger partial charge in [0.15, 0.2) is 5.01 Å². The van der Waals surface area contributed by atoms with Crippen LogP contribution in [0.3, 0.4) is 0 Å². The maximum Gasteiger partial charge on any atom is 0.230 e. The monoisotopic (exact) mass is 339 g/mol. The van der Waals surface area contributed by atoms with Gasteiger partial charge in [-0.25, -0.2) is 0 Å². The van der Waals surface area contributed by atoms with Crippen LogP contribution in [0, 0.1) is 6.92 Å². The second-order valence-electron chi connectivity index (χ2n) is 5.25. The Labute approximate surface area is 144 Å². The van der Waals surface area contributed by atoms with Crippen molar-refractivity contribution in [1.29, 1.82) is 0 Å². The van der Waals surface area contributed by atoms with Crippen LogP contribution < -0.4 is 10.1 Å². The van der Waals surface area contributed by atoms with E-state index in [2.05, 4.69) is 15.5 Å². The van der Waals surface area contributed by atoms with Crippen molar-refractivity contribution in [3.63, 3.8) is 0 Å². The number of anilines is 1. The molecule has 1 N–H and O–H groups in total. The van der Waals surface area contributed by atoms with E-state index < -0.39 is 0 Å². The van der Waals surface area contributed by atoms with Crippen molar-refractivity contribution in [2.75, 3.05) is 5.32 Å². The van der Waals surface area contributed by atoms with Gasteiger partial charge >= 0.3 is 0 Å². The molecule has 0 saturated heterocycles. The summed E-state index contributed by atoms with van der Waals surface area (Å²) in [6.45, 7) is 2.32. The molecule has 0 atom stereocenters. The maximum absolute atomic E-state index is 12.1. The Balaban J connectivity index is 1.54. The summed E-state index contributed by atoms with van der Waals surface area (Å²) < 4.78 is 5.62. The van der Waals surface area contributed by atoms with Crippen LogP contribution in [-0.4, -0.2) is 16.1 Å². The number of nitrogens with zero attached hydrogens (tertiary/aromatic N) is 2. The van der Waals surface area contributed by atoms with Gasteiger partial charge in [0, 0.05) is 0 Å². The number of benzene rings is 2. The lowest BCUT2D eigenvalue weighted by Gasteiger charge is -2.04. The summed E-state index contributed by atoms with van der Waals surface area (Å²) in [5.74, 6) is 0.675. The SMILES string of the molecule is Cc1ccccc1CC(=O)Nc1nnc(COc2ccccc2)s1. The predicted octanol–water partition coefficient (Wildman–Crippen LogP) is 3.61. The molecule has 1 aromatic heterocycles. The Morgan fingerprint density at radius 2 is 1.83 bits per heavy atom. The fourth-order valence-electron chi connectivity index (χ4n) is 2.17. The van der Waals surface area contributed by atoms with Gasteiger partial charge < -0.3 is 10.1 Å². The summed E-state index contributed by atoms with van der Waals surface area (Å²) >= 11 is 1.32. The minimum atomic E-state index is -0.101. The molecule has 0 aliphatic heterocycles. The molecule has 0 aliphatic rings. The number of aryl methyl sites for hydroxylation is 1. The fraction of sp³-hybridized carbons (Fsp3) is 0.167. The number of amides is 1. The van der Waals surface area contributed by atoms with Gasteiger partial charge in [-0.3, -0.25) is 4.79 Å². The number of hydrogen-bond acceptors (Lipinski definition) is 5. The molecule has 0 aliphatic carbocycles. The number of hydrogen-bond donors (Lipinski definition) is 1. The lowest BCUT2D eigenvalue weighted by Crippen LogP contribution is -2.14. The van der Waals surface area contributed by atoms with Crippen LogP contribution in [0.25, 0.3) is 0 Å². The van der Waals surface area contributed by atoms with Crippen molar-refractivity contribution in [2.45, 2.75) is 20.0 Å². The fourth-order valence-corrected chi connectivity index (χ4v) is 2.84. The van der Waals surface area contributed by atoms with Crippen molar-refractivity contribution in [3.05, 3.63) is 70.7 Å². The highest BCUT2D eigenvalue weighted by molar-refractivity contribution is 7.15. The van der Waals surface area contributed by atoms with Gasteiger partial charge in [0.25, 0.3) is 0 Å². The van der Waals surface area contributed by atoms with Crippen LogP contribution in [0.15, 0.2) is 54.6 Å². The summed E-state index contributed by atoms with van der Waals surface area (Å²) in [6.07, 6.45) is 0.322.